The zero-order valence-electron chi connectivity index (χ0n) is 13.1. The van der Waals surface area contributed by atoms with E-state index in [1.165, 1.54) is 0 Å². The minimum atomic E-state index is -0.941. The van der Waals surface area contributed by atoms with Crippen LogP contribution in [0.3, 0.4) is 0 Å². The number of morpholine rings is 1. The van der Waals surface area contributed by atoms with E-state index >= 15 is 0 Å². The van der Waals surface area contributed by atoms with Gasteiger partial charge in [-0.25, -0.2) is 0 Å². The molecule has 0 aromatic rings. The predicted octanol–water partition coefficient (Wildman–Crippen LogP) is 0.959. The molecular formula is C15H24N2O4. The lowest BCUT2D eigenvalue weighted by Crippen LogP contribution is -2.59. The van der Waals surface area contributed by atoms with Gasteiger partial charge in [-0.05, 0) is 26.7 Å². The number of ether oxygens (including phenoxy) is 3. The van der Waals surface area contributed by atoms with E-state index in [2.05, 4.69) is 6.07 Å². The van der Waals surface area contributed by atoms with Gasteiger partial charge in [0.05, 0.1) is 24.4 Å². The number of amides is 1. The van der Waals surface area contributed by atoms with Gasteiger partial charge in [0.25, 0.3) is 0 Å². The van der Waals surface area contributed by atoms with E-state index in [1.54, 1.807) is 12.0 Å². The first-order chi connectivity index (χ1) is 9.92. The van der Waals surface area contributed by atoms with E-state index in [-0.39, 0.29) is 12.0 Å². The van der Waals surface area contributed by atoms with Gasteiger partial charge in [-0.3, -0.25) is 4.79 Å². The highest BCUT2D eigenvalue weighted by Crippen LogP contribution is 2.34. The fourth-order valence-electron chi connectivity index (χ4n) is 3.12. The lowest BCUT2D eigenvalue weighted by atomic mass is 9.80. The Labute approximate surface area is 125 Å². The molecule has 6 heteroatoms. The summed E-state index contributed by atoms with van der Waals surface area (Å²) in [5.41, 5.74) is -1.37. The number of hydrogen-bond acceptors (Lipinski definition) is 5. The summed E-state index contributed by atoms with van der Waals surface area (Å²) in [5.74, 6) is -0.0919. The van der Waals surface area contributed by atoms with Gasteiger partial charge >= 0.3 is 0 Å². The Kier molecular flexibility index (Phi) is 4.87. The van der Waals surface area contributed by atoms with Gasteiger partial charge in [0.1, 0.15) is 5.41 Å². The van der Waals surface area contributed by atoms with Gasteiger partial charge in [0.2, 0.25) is 5.91 Å². The Hall–Kier alpha value is -1.16. The minimum absolute atomic E-state index is 0.0919. The van der Waals surface area contributed by atoms with E-state index in [0.29, 0.717) is 45.8 Å². The summed E-state index contributed by atoms with van der Waals surface area (Å²) >= 11 is 0. The van der Waals surface area contributed by atoms with Crippen LogP contribution in [0.15, 0.2) is 0 Å². The maximum Gasteiger partial charge on any atom is 0.243 e. The Balaban J connectivity index is 2.15. The largest absolute Gasteiger partial charge is 0.382 e. The third kappa shape index (κ3) is 3.54. The van der Waals surface area contributed by atoms with E-state index in [9.17, 15) is 10.1 Å². The van der Waals surface area contributed by atoms with Gasteiger partial charge in [0.15, 0.2) is 0 Å². The molecule has 2 heterocycles. The molecule has 2 fully saturated rings. The van der Waals surface area contributed by atoms with E-state index < -0.39 is 11.0 Å². The SMILES string of the molecule is COC[C@H]1CN(C(=O)C2(C#N)CCOCC2)CC(C)(C)O1. The molecule has 0 saturated carbocycles. The Bertz CT molecular complexity index is 424. The van der Waals surface area contributed by atoms with Crippen LogP contribution in [0.5, 0.6) is 0 Å². The molecule has 21 heavy (non-hydrogen) atoms. The maximum atomic E-state index is 12.9. The monoisotopic (exact) mass is 296 g/mol. The highest BCUT2D eigenvalue weighted by Gasteiger charge is 2.46. The quantitative estimate of drug-likeness (QED) is 0.775. The van der Waals surface area contributed by atoms with Gasteiger partial charge in [0, 0.05) is 33.4 Å². The van der Waals surface area contributed by atoms with Crippen LogP contribution in [0.4, 0.5) is 0 Å². The van der Waals surface area contributed by atoms with Crippen molar-refractivity contribution in [2.45, 2.75) is 38.4 Å². The molecule has 2 aliphatic heterocycles. The molecule has 0 bridgehead atoms. The van der Waals surface area contributed by atoms with Crippen LogP contribution in [0.2, 0.25) is 0 Å². The summed E-state index contributed by atoms with van der Waals surface area (Å²) in [5, 5.41) is 9.53. The number of methoxy groups -OCH3 is 1. The molecule has 0 aromatic carbocycles. The summed E-state index contributed by atoms with van der Waals surface area (Å²) in [7, 11) is 1.62. The molecule has 2 rings (SSSR count). The smallest absolute Gasteiger partial charge is 0.243 e. The van der Waals surface area contributed by atoms with Crippen LogP contribution in [-0.2, 0) is 19.0 Å². The lowest BCUT2D eigenvalue weighted by molar-refractivity contribution is -0.176. The maximum absolute atomic E-state index is 12.9. The zero-order valence-corrected chi connectivity index (χ0v) is 13.1. The highest BCUT2D eigenvalue weighted by molar-refractivity contribution is 5.85. The van der Waals surface area contributed by atoms with Crippen LogP contribution in [0.1, 0.15) is 26.7 Å². The van der Waals surface area contributed by atoms with Crippen molar-refractivity contribution in [3.8, 4) is 6.07 Å². The topological polar surface area (TPSA) is 71.8 Å². The summed E-state index contributed by atoms with van der Waals surface area (Å²) in [6.07, 6.45) is 0.780. The van der Waals surface area contributed by atoms with Crippen LogP contribution in [0, 0.1) is 16.7 Å². The number of nitriles is 1. The van der Waals surface area contributed by atoms with Crippen molar-refractivity contribution in [3.63, 3.8) is 0 Å². The molecule has 2 saturated heterocycles. The standard InChI is InChI=1S/C15H24N2O4/c1-14(2)11-17(8-12(21-14)9-19-3)13(18)15(10-16)4-6-20-7-5-15/h12H,4-9,11H2,1-3H3/t12-/m1/s1. The van der Waals surface area contributed by atoms with Crippen LogP contribution >= 0.6 is 0 Å². The molecule has 0 unspecified atom stereocenters. The molecule has 0 spiro atoms. The van der Waals surface area contributed by atoms with Gasteiger partial charge in [-0.15, -0.1) is 0 Å². The first-order valence-electron chi connectivity index (χ1n) is 7.38. The minimum Gasteiger partial charge on any atom is -0.382 e. The van der Waals surface area contributed by atoms with E-state index in [0.717, 1.165) is 0 Å². The Morgan fingerprint density at radius 3 is 2.67 bits per heavy atom. The van der Waals surface area contributed by atoms with Crippen molar-refractivity contribution >= 4 is 5.91 Å². The average Bonchev–Trinajstić information content (AvgIpc) is 2.46. The van der Waals surface area contributed by atoms with Crippen molar-refractivity contribution in [1.29, 1.82) is 5.26 Å². The molecule has 0 aromatic heterocycles. The molecule has 1 atom stereocenters. The lowest BCUT2D eigenvalue weighted by Gasteiger charge is -2.45. The second-order valence-corrected chi connectivity index (χ2v) is 6.45. The second kappa shape index (κ2) is 6.30. The van der Waals surface area contributed by atoms with Crippen LogP contribution in [0.25, 0.3) is 0 Å². The zero-order chi connectivity index (χ0) is 15.5. The molecule has 1 amide bonds. The Morgan fingerprint density at radius 2 is 2.10 bits per heavy atom. The number of hydrogen-bond donors (Lipinski definition) is 0. The number of rotatable bonds is 3. The number of carbonyl (C=O) groups is 1. The van der Waals surface area contributed by atoms with Gasteiger partial charge < -0.3 is 19.1 Å². The highest BCUT2D eigenvalue weighted by atomic mass is 16.5. The van der Waals surface area contributed by atoms with Crippen molar-refractivity contribution in [2.24, 2.45) is 5.41 Å². The van der Waals surface area contributed by atoms with E-state index in [1.807, 2.05) is 13.8 Å². The first-order valence-corrected chi connectivity index (χ1v) is 7.38. The van der Waals surface area contributed by atoms with Crippen molar-refractivity contribution < 1.29 is 19.0 Å². The number of carbonyl (C=O) groups excluding carboxylic acids is 1. The molecular weight excluding hydrogens is 272 g/mol. The van der Waals surface area contributed by atoms with Gasteiger partial charge in [-0.2, -0.15) is 5.26 Å². The first kappa shape index (κ1) is 16.2. The van der Waals surface area contributed by atoms with Crippen molar-refractivity contribution in [1.82, 2.24) is 4.90 Å². The molecule has 6 nitrogen and oxygen atoms in total. The second-order valence-electron chi connectivity index (χ2n) is 6.45. The fourth-order valence-corrected chi connectivity index (χ4v) is 3.12. The molecule has 118 valence electrons. The summed E-state index contributed by atoms with van der Waals surface area (Å²) < 4.78 is 16.4. The third-order valence-corrected chi connectivity index (χ3v) is 4.09. The van der Waals surface area contributed by atoms with Crippen molar-refractivity contribution in [2.75, 3.05) is 40.0 Å². The van der Waals surface area contributed by atoms with Crippen LogP contribution < -0.4 is 0 Å². The van der Waals surface area contributed by atoms with Crippen molar-refractivity contribution in [3.05, 3.63) is 0 Å². The summed E-state index contributed by atoms with van der Waals surface area (Å²) in [6.45, 7) is 6.26. The molecule has 0 radical (unpaired) electrons. The fraction of sp³-hybridized carbons (Fsp3) is 0.867. The Morgan fingerprint density at radius 1 is 1.43 bits per heavy atom. The molecule has 0 aliphatic carbocycles. The third-order valence-electron chi connectivity index (χ3n) is 4.09. The normalized spacial score (nSPS) is 27.9. The number of nitrogens with zero attached hydrogens (tertiary/aromatic N) is 2. The van der Waals surface area contributed by atoms with Gasteiger partial charge in [-0.1, -0.05) is 0 Å². The summed E-state index contributed by atoms with van der Waals surface area (Å²) in [6, 6.07) is 2.25. The van der Waals surface area contributed by atoms with E-state index in [4.69, 9.17) is 14.2 Å². The predicted molar refractivity (Wildman–Crippen MR) is 75.5 cm³/mol. The summed E-state index contributed by atoms with van der Waals surface area (Å²) in [4.78, 5) is 14.7. The molecule has 2 aliphatic rings. The molecule has 0 N–H and O–H groups in total. The average molecular weight is 296 g/mol. The van der Waals surface area contributed by atoms with Crippen LogP contribution in [-0.4, -0.2) is 62.5 Å².